The lowest BCUT2D eigenvalue weighted by molar-refractivity contribution is -0.143. The first-order chi connectivity index (χ1) is 12.5. The van der Waals surface area contributed by atoms with Crippen LogP contribution in [0.15, 0.2) is 30.3 Å². The van der Waals surface area contributed by atoms with E-state index in [2.05, 4.69) is 20.6 Å². The maximum atomic E-state index is 11.6. The van der Waals surface area contributed by atoms with Gasteiger partial charge in [0, 0.05) is 21.7 Å². The van der Waals surface area contributed by atoms with Crippen LogP contribution in [-0.2, 0) is 9.53 Å². The Kier molecular flexibility index (Phi) is 5.58. The number of hydrogen-bond donors (Lipinski definition) is 1. The predicted molar refractivity (Wildman–Crippen MR) is 101 cm³/mol. The normalized spacial score (nSPS) is 12.2. The second-order valence-corrected chi connectivity index (χ2v) is 6.60. The van der Waals surface area contributed by atoms with E-state index in [-0.39, 0.29) is 18.4 Å². The van der Waals surface area contributed by atoms with Crippen LogP contribution in [-0.4, -0.2) is 38.4 Å². The highest BCUT2D eigenvalue weighted by Crippen LogP contribution is 2.26. The fourth-order valence-corrected chi connectivity index (χ4v) is 3.03. The maximum absolute atomic E-state index is 11.6. The number of ether oxygens (including phenoxy) is 1. The number of carbonyl (C=O) groups excluding carboxylic acids is 1. The highest BCUT2D eigenvalue weighted by Gasteiger charge is 2.14. The van der Waals surface area contributed by atoms with E-state index in [1.165, 1.54) is 0 Å². The fraction of sp³-hybridized carbons (Fsp3) is 0.294. The summed E-state index contributed by atoms with van der Waals surface area (Å²) in [5.41, 5.74) is 1.29. The van der Waals surface area contributed by atoms with Crippen LogP contribution in [0.1, 0.15) is 20.3 Å². The van der Waals surface area contributed by atoms with Crippen LogP contribution in [0.4, 0.5) is 5.82 Å². The number of carbonyl (C=O) groups is 1. The van der Waals surface area contributed by atoms with Crippen molar-refractivity contribution in [3.05, 3.63) is 40.4 Å². The van der Waals surface area contributed by atoms with Gasteiger partial charge in [0.1, 0.15) is 5.82 Å². The Morgan fingerprint density at radius 2 is 1.96 bits per heavy atom. The van der Waals surface area contributed by atoms with Gasteiger partial charge in [-0.15, -0.1) is 15.3 Å². The molecule has 0 bridgehead atoms. The van der Waals surface area contributed by atoms with Gasteiger partial charge in [-0.3, -0.25) is 4.79 Å². The average molecular weight is 394 g/mol. The molecule has 0 spiro atoms. The number of rotatable bonds is 6. The fourth-order valence-electron chi connectivity index (χ4n) is 2.50. The van der Waals surface area contributed by atoms with Crippen LogP contribution in [0.2, 0.25) is 10.0 Å². The zero-order chi connectivity index (χ0) is 18.7. The molecule has 1 unspecified atom stereocenters. The molecule has 1 atom stereocenters. The van der Waals surface area contributed by atoms with Crippen molar-refractivity contribution in [3.63, 3.8) is 0 Å². The van der Waals surface area contributed by atoms with Crippen LogP contribution >= 0.6 is 23.2 Å². The van der Waals surface area contributed by atoms with Crippen molar-refractivity contribution in [2.24, 2.45) is 0 Å². The zero-order valence-corrected chi connectivity index (χ0v) is 15.8. The molecule has 0 fully saturated rings. The Hall–Kier alpha value is -2.38. The molecule has 1 N–H and O–H groups in total. The van der Waals surface area contributed by atoms with Gasteiger partial charge >= 0.3 is 5.97 Å². The molecule has 0 saturated heterocycles. The SMILES string of the molecule is CCOC(=O)CC(C)Nc1ccc2nnc(-c3cc(Cl)cc(Cl)c3)n2n1. The monoisotopic (exact) mass is 393 g/mol. The molecule has 2 heterocycles. The standard InChI is InChI=1S/C17H17Cl2N5O2/c1-3-26-16(25)6-10(2)20-14-4-5-15-21-22-17(24(15)23-14)11-7-12(18)9-13(19)8-11/h4-5,7-10H,3,6H2,1-2H3,(H,20,23). The molecule has 0 aliphatic heterocycles. The molecule has 1 aromatic carbocycles. The Balaban J connectivity index is 1.87. The molecule has 26 heavy (non-hydrogen) atoms. The molecular formula is C17H17Cl2N5O2. The van der Waals surface area contributed by atoms with Gasteiger partial charge in [0.15, 0.2) is 11.5 Å². The number of hydrogen-bond acceptors (Lipinski definition) is 6. The molecule has 136 valence electrons. The minimum Gasteiger partial charge on any atom is -0.466 e. The maximum Gasteiger partial charge on any atom is 0.307 e. The molecule has 0 radical (unpaired) electrons. The molecule has 0 saturated carbocycles. The van der Waals surface area contributed by atoms with Crippen molar-refractivity contribution in [1.29, 1.82) is 0 Å². The molecule has 3 rings (SSSR count). The van der Waals surface area contributed by atoms with Gasteiger partial charge in [0.05, 0.1) is 13.0 Å². The summed E-state index contributed by atoms with van der Waals surface area (Å²) < 4.78 is 6.56. The lowest BCUT2D eigenvalue weighted by atomic mass is 10.2. The van der Waals surface area contributed by atoms with Crippen molar-refractivity contribution in [1.82, 2.24) is 19.8 Å². The first-order valence-corrected chi connectivity index (χ1v) is 8.83. The third kappa shape index (κ3) is 4.23. The number of aromatic nitrogens is 4. The van der Waals surface area contributed by atoms with E-state index in [0.29, 0.717) is 39.5 Å². The van der Waals surface area contributed by atoms with Crippen LogP contribution in [0.5, 0.6) is 0 Å². The molecule has 0 aliphatic carbocycles. The smallest absolute Gasteiger partial charge is 0.307 e. The highest BCUT2D eigenvalue weighted by atomic mass is 35.5. The summed E-state index contributed by atoms with van der Waals surface area (Å²) in [4.78, 5) is 11.6. The van der Waals surface area contributed by atoms with Gasteiger partial charge in [-0.05, 0) is 44.2 Å². The Morgan fingerprint density at radius 1 is 1.23 bits per heavy atom. The number of halogens is 2. The molecule has 0 aliphatic rings. The van der Waals surface area contributed by atoms with Crippen molar-refractivity contribution in [2.45, 2.75) is 26.3 Å². The number of anilines is 1. The third-order valence-electron chi connectivity index (χ3n) is 3.56. The van der Waals surface area contributed by atoms with Crippen LogP contribution in [0.25, 0.3) is 17.0 Å². The summed E-state index contributed by atoms with van der Waals surface area (Å²) in [5.74, 6) is 0.849. The molecule has 9 heteroatoms. The number of fused-ring (bicyclic) bond motifs is 1. The summed E-state index contributed by atoms with van der Waals surface area (Å²) in [5, 5.41) is 17.0. The summed E-state index contributed by atoms with van der Waals surface area (Å²) >= 11 is 12.1. The number of nitrogens with one attached hydrogen (secondary N) is 1. The highest BCUT2D eigenvalue weighted by molar-refractivity contribution is 6.35. The quantitative estimate of drug-likeness (QED) is 0.640. The van der Waals surface area contributed by atoms with Gasteiger partial charge in [-0.2, -0.15) is 4.52 Å². The molecule has 7 nitrogen and oxygen atoms in total. The van der Waals surface area contributed by atoms with E-state index < -0.39 is 0 Å². The topological polar surface area (TPSA) is 81.4 Å². The van der Waals surface area contributed by atoms with E-state index in [1.807, 2.05) is 6.92 Å². The van der Waals surface area contributed by atoms with E-state index in [1.54, 1.807) is 41.8 Å². The van der Waals surface area contributed by atoms with Crippen LogP contribution in [0.3, 0.4) is 0 Å². The summed E-state index contributed by atoms with van der Waals surface area (Å²) in [6.07, 6.45) is 0.243. The van der Waals surface area contributed by atoms with Crippen molar-refractivity contribution >= 4 is 40.6 Å². The minimum absolute atomic E-state index is 0.139. The molecule has 0 amide bonds. The molecule has 3 aromatic rings. The van der Waals surface area contributed by atoms with E-state index in [9.17, 15) is 4.79 Å². The van der Waals surface area contributed by atoms with Gasteiger partial charge in [-0.1, -0.05) is 23.2 Å². The first-order valence-electron chi connectivity index (χ1n) is 8.07. The zero-order valence-electron chi connectivity index (χ0n) is 14.2. The average Bonchev–Trinajstić information content (AvgIpc) is 2.97. The van der Waals surface area contributed by atoms with Gasteiger partial charge in [0.25, 0.3) is 0 Å². The van der Waals surface area contributed by atoms with Crippen molar-refractivity contribution in [2.75, 3.05) is 11.9 Å². The number of esters is 1. The predicted octanol–water partition coefficient (Wildman–Crippen LogP) is 3.85. The van der Waals surface area contributed by atoms with Gasteiger partial charge < -0.3 is 10.1 Å². The largest absolute Gasteiger partial charge is 0.466 e. The minimum atomic E-state index is -0.257. The van der Waals surface area contributed by atoms with E-state index >= 15 is 0 Å². The van der Waals surface area contributed by atoms with Gasteiger partial charge in [-0.25, -0.2) is 0 Å². The van der Waals surface area contributed by atoms with Crippen LogP contribution in [0, 0.1) is 0 Å². The van der Waals surface area contributed by atoms with E-state index in [0.717, 1.165) is 0 Å². The molecule has 2 aromatic heterocycles. The summed E-state index contributed by atoms with van der Waals surface area (Å²) in [6.45, 7) is 4.02. The molecular weight excluding hydrogens is 377 g/mol. The lowest BCUT2D eigenvalue weighted by Gasteiger charge is -2.13. The third-order valence-corrected chi connectivity index (χ3v) is 3.99. The van der Waals surface area contributed by atoms with E-state index in [4.69, 9.17) is 27.9 Å². The lowest BCUT2D eigenvalue weighted by Crippen LogP contribution is -2.22. The van der Waals surface area contributed by atoms with Gasteiger partial charge in [0.2, 0.25) is 0 Å². The number of nitrogens with zero attached hydrogens (tertiary/aromatic N) is 4. The summed E-state index contributed by atoms with van der Waals surface area (Å²) in [6, 6.07) is 8.56. The van der Waals surface area contributed by atoms with Crippen LogP contribution < -0.4 is 5.32 Å². The summed E-state index contributed by atoms with van der Waals surface area (Å²) in [7, 11) is 0. The van der Waals surface area contributed by atoms with Crippen molar-refractivity contribution in [3.8, 4) is 11.4 Å². The Labute approximate surface area is 160 Å². The van der Waals surface area contributed by atoms with Crippen molar-refractivity contribution < 1.29 is 9.53 Å². The number of benzene rings is 1. The Bertz CT molecular complexity index is 924. The second kappa shape index (κ2) is 7.88. The second-order valence-electron chi connectivity index (χ2n) is 5.72. The first kappa shape index (κ1) is 18.4. The Morgan fingerprint density at radius 3 is 2.65 bits per heavy atom.